The predicted octanol–water partition coefficient (Wildman–Crippen LogP) is 3.83. The van der Waals surface area contributed by atoms with Gasteiger partial charge in [-0.25, -0.2) is 14.6 Å². The van der Waals surface area contributed by atoms with Crippen LogP contribution < -0.4 is 5.32 Å². The number of hydrogen-bond donors (Lipinski definition) is 3. The first-order valence-corrected chi connectivity index (χ1v) is 11.3. The smallest absolute Gasteiger partial charge is 0.478 e. The number of guanidine groups is 1. The van der Waals surface area contributed by atoms with Crippen LogP contribution in [0.4, 0.5) is 18.9 Å². The fourth-order valence-corrected chi connectivity index (χ4v) is 3.33. The number of anilines is 1. The Morgan fingerprint density at radius 2 is 1.70 bits per heavy atom. The second-order valence-electron chi connectivity index (χ2n) is 8.18. The van der Waals surface area contributed by atoms with Gasteiger partial charge in [-0.1, -0.05) is 35.9 Å². The first-order chi connectivity index (χ1) is 17.5. The fraction of sp³-hybridized carbons (Fsp3) is 0.360. The summed E-state index contributed by atoms with van der Waals surface area (Å²) in [5.41, 5.74) is 3.26. The van der Waals surface area contributed by atoms with Crippen LogP contribution in [0.1, 0.15) is 27.9 Å². The maximum absolute atomic E-state index is 11.3. The maximum atomic E-state index is 11.3. The van der Waals surface area contributed by atoms with Crippen LogP contribution in [-0.4, -0.2) is 76.8 Å². The highest BCUT2D eigenvalue weighted by molar-refractivity contribution is 5.95. The Morgan fingerprint density at radius 1 is 1.08 bits per heavy atom. The molecule has 3 rings (SSSR count). The zero-order chi connectivity index (χ0) is 27.4. The maximum Gasteiger partial charge on any atom is 0.490 e. The van der Waals surface area contributed by atoms with Crippen molar-refractivity contribution in [1.82, 2.24) is 9.80 Å². The quantitative estimate of drug-likeness (QED) is 0.388. The Hall–Kier alpha value is -4.11. The van der Waals surface area contributed by atoms with Crippen molar-refractivity contribution < 1.29 is 33.0 Å². The highest BCUT2D eigenvalue weighted by atomic mass is 19.4. The molecule has 0 atom stereocenters. The van der Waals surface area contributed by atoms with E-state index in [4.69, 9.17) is 20.2 Å². The SMILES string of the molecule is Cc1ccc(CN=C(Nc2cccc(C(=O)O)c2)N2CCN(CCC#N)CC2)cc1.O=C(O)C(F)(F)F. The van der Waals surface area contributed by atoms with Crippen LogP contribution in [0, 0.1) is 18.3 Å². The van der Waals surface area contributed by atoms with E-state index in [1.807, 2.05) is 6.07 Å². The van der Waals surface area contributed by atoms with Gasteiger partial charge in [-0.3, -0.25) is 4.90 Å². The molecular weight excluding hydrogens is 491 g/mol. The molecule has 1 aliphatic rings. The summed E-state index contributed by atoms with van der Waals surface area (Å²) in [6.45, 7) is 6.70. The Morgan fingerprint density at radius 3 is 2.24 bits per heavy atom. The minimum atomic E-state index is -5.08. The second kappa shape index (κ2) is 13.8. The number of aliphatic carboxylic acids is 1. The van der Waals surface area contributed by atoms with Crippen molar-refractivity contribution in [3.05, 3.63) is 65.2 Å². The molecule has 0 aliphatic carbocycles. The largest absolute Gasteiger partial charge is 0.490 e. The third-order valence-electron chi connectivity index (χ3n) is 5.35. The second-order valence-corrected chi connectivity index (χ2v) is 8.18. The summed E-state index contributed by atoms with van der Waals surface area (Å²) < 4.78 is 31.7. The third kappa shape index (κ3) is 10.2. The van der Waals surface area contributed by atoms with Gasteiger partial charge in [0.2, 0.25) is 0 Å². The molecule has 1 aliphatic heterocycles. The van der Waals surface area contributed by atoms with E-state index in [9.17, 15) is 23.1 Å². The number of carboxylic acid groups (broad SMARTS) is 2. The number of rotatable bonds is 6. The number of carbonyl (C=O) groups is 2. The van der Waals surface area contributed by atoms with Gasteiger partial charge >= 0.3 is 18.1 Å². The third-order valence-corrected chi connectivity index (χ3v) is 5.35. The van der Waals surface area contributed by atoms with E-state index in [1.54, 1.807) is 18.2 Å². The van der Waals surface area contributed by atoms with Crippen LogP contribution in [0.3, 0.4) is 0 Å². The monoisotopic (exact) mass is 519 g/mol. The van der Waals surface area contributed by atoms with Crippen LogP contribution in [0.15, 0.2) is 53.5 Å². The molecule has 3 N–H and O–H groups in total. The molecule has 0 spiro atoms. The topological polar surface area (TPSA) is 129 Å². The Kier molecular flexibility index (Phi) is 10.9. The Balaban J connectivity index is 0.000000604. The van der Waals surface area contributed by atoms with Gasteiger partial charge in [0.25, 0.3) is 0 Å². The van der Waals surface area contributed by atoms with Crippen LogP contribution in [-0.2, 0) is 11.3 Å². The summed E-state index contributed by atoms with van der Waals surface area (Å²) in [6, 6.07) is 17.2. The van der Waals surface area contributed by atoms with E-state index >= 15 is 0 Å². The highest BCUT2D eigenvalue weighted by Crippen LogP contribution is 2.15. The number of nitrogens with zero attached hydrogens (tertiary/aromatic N) is 4. The molecule has 0 aromatic heterocycles. The molecule has 0 bridgehead atoms. The zero-order valence-corrected chi connectivity index (χ0v) is 20.2. The van der Waals surface area contributed by atoms with Crippen LogP contribution in [0.2, 0.25) is 0 Å². The van der Waals surface area contributed by atoms with Gasteiger partial charge in [0, 0.05) is 44.8 Å². The fourth-order valence-electron chi connectivity index (χ4n) is 3.33. The highest BCUT2D eigenvalue weighted by Gasteiger charge is 2.38. The first-order valence-electron chi connectivity index (χ1n) is 11.3. The summed E-state index contributed by atoms with van der Waals surface area (Å²) in [5.74, 6) is -2.98. The van der Waals surface area contributed by atoms with Gasteiger partial charge in [-0.2, -0.15) is 18.4 Å². The van der Waals surface area contributed by atoms with Crippen LogP contribution >= 0.6 is 0 Å². The number of piperazine rings is 1. The van der Waals surface area contributed by atoms with E-state index in [0.717, 1.165) is 44.2 Å². The number of hydrogen-bond acceptors (Lipinski definition) is 5. The molecule has 9 nitrogen and oxygen atoms in total. The lowest BCUT2D eigenvalue weighted by molar-refractivity contribution is -0.192. The van der Waals surface area contributed by atoms with Crippen molar-refractivity contribution >= 4 is 23.6 Å². The summed E-state index contributed by atoms with van der Waals surface area (Å²) in [4.78, 5) is 29.5. The molecule has 12 heteroatoms. The van der Waals surface area contributed by atoms with Gasteiger partial charge in [0.1, 0.15) is 0 Å². The molecule has 0 saturated carbocycles. The average Bonchev–Trinajstić information content (AvgIpc) is 2.86. The number of carboxylic acids is 2. The number of nitriles is 1. The molecule has 198 valence electrons. The molecule has 2 aromatic rings. The first kappa shape index (κ1) is 29.1. The molecule has 0 amide bonds. The summed E-state index contributed by atoms with van der Waals surface area (Å²) in [5, 5.41) is 28.5. The molecule has 0 unspecified atom stereocenters. The molecule has 2 aromatic carbocycles. The molecular formula is C25H28F3N5O4. The normalized spacial score (nSPS) is 14.2. The average molecular weight is 520 g/mol. The van der Waals surface area contributed by atoms with E-state index in [-0.39, 0.29) is 5.56 Å². The van der Waals surface area contributed by atoms with Crippen LogP contribution in [0.5, 0.6) is 0 Å². The van der Waals surface area contributed by atoms with Gasteiger partial charge in [0.05, 0.1) is 18.2 Å². The van der Waals surface area contributed by atoms with E-state index < -0.39 is 18.1 Å². The lowest BCUT2D eigenvalue weighted by Gasteiger charge is -2.36. The van der Waals surface area contributed by atoms with Gasteiger partial charge < -0.3 is 20.4 Å². The molecule has 0 radical (unpaired) electrons. The number of benzene rings is 2. The molecule has 1 fully saturated rings. The van der Waals surface area contributed by atoms with Crippen molar-refractivity contribution in [2.24, 2.45) is 4.99 Å². The Bertz CT molecular complexity index is 1120. The Labute approximate surface area is 212 Å². The van der Waals surface area contributed by atoms with Gasteiger partial charge in [-0.05, 0) is 30.7 Å². The van der Waals surface area contributed by atoms with Crippen molar-refractivity contribution in [2.45, 2.75) is 26.1 Å². The van der Waals surface area contributed by atoms with E-state index in [2.05, 4.69) is 52.4 Å². The zero-order valence-electron chi connectivity index (χ0n) is 20.2. The number of alkyl halides is 3. The number of aromatic carboxylic acids is 1. The number of aryl methyl sites for hydroxylation is 1. The van der Waals surface area contributed by atoms with Crippen molar-refractivity contribution in [3.8, 4) is 6.07 Å². The standard InChI is InChI=1S/C23H27N5O2.C2HF3O2/c1-18-6-8-19(9-7-18)17-25-23(26-21-5-2-4-20(16-21)22(29)30)28-14-12-27(13-15-28)11-3-10-24;3-2(4,5)1(6)7/h2,4-9,16H,3,11-15,17H2,1H3,(H,25,26)(H,29,30);(H,6,7). The number of aliphatic imine (C=N–C) groups is 1. The number of halogens is 3. The lowest BCUT2D eigenvalue weighted by Crippen LogP contribution is -2.50. The van der Waals surface area contributed by atoms with Crippen LogP contribution in [0.25, 0.3) is 0 Å². The minimum Gasteiger partial charge on any atom is -0.478 e. The van der Waals surface area contributed by atoms with Gasteiger partial charge in [-0.15, -0.1) is 0 Å². The van der Waals surface area contributed by atoms with Gasteiger partial charge in [0.15, 0.2) is 5.96 Å². The summed E-state index contributed by atoms with van der Waals surface area (Å²) in [6.07, 6.45) is -4.55. The lowest BCUT2D eigenvalue weighted by atomic mass is 10.1. The minimum absolute atomic E-state index is 0.235. The molecule has 37 heavy (non-hydrogen) atoms. The molecule has 1 saturated heterocycles. The summed E-state index contributed by atoms with van der Waals surface area (Å²) in [7, 11) is 0. The van der Waals surface area contributed by atoms with E-state index in [0.29, 0.717) is 18.7 Å². The predicted molar refractivity (Wildman–Crippen MR) is 131 cm³/mol. The van der Waals surface area contributed by atoms with E-state index in [1.165, 1.54) is 5.56 Å². The summed E-state index contributed by atoms with van der Waals surface area (Å²) >= 11 is 0. The molecule has 1 heterocycles. The van der Waals surface area contributed by atoms with Crippen molar-refractivity contribution in [2.75, 3.05) is 38.0 Å². The van der Waals surface area contributed by atoms with Crippen molar-refractivity contribution in [3.63, 3.8) is 0 Å². The van der Waals surface area contributed by atoms with Crippen molar-refractivity contribution in [1.29, 1.82) is 5.26 Å². The number of nitrogens with one attached hydrogen (secondary N) is 1.